The van der Waals surface area contributed by atoms with E-state index in [0.29, 0.717) is 0 Å². The van der Waals surface area contributed by atoms with Crippen LogP contribution in [0, 0.1) is 0 Å². The lowest BCUT2D eigenvalue weighted by atomic mass is 10.6. The van der Waals surface area contributed by atoms with Gasteiger partial charge in [-0.3, -0.25) is 9.36 Å². The molecule has 0 rings (SSSR count). The van der Waals surface area contributed by atoms with Crippen molar-refractivity contribution in [3.63, 3.8) is 0 Å². The highest BCUT2D eigenvalue weighted by molar-refractivity contribution is 7.55. The summed E-state index contributed by atoms with van der Waals surface area (Å²) in [5, 5.41) is 2.15. The van der Waals surface area contributed by atoms with Crippen molar-refractivity contribution in [3.05, 3.63) is 0 Å². The van der Waals surface area contributed by atoms with Gasteiger partial charge in [0.05, 0.1) is 13.2 Å². The van der Waals surface area contributed by atoms with Crippen molar-refractivity contribution >= 4 is 71.5 Å². The van der Waals surface area contributed by atoms with Crippen LogP contribution in [0.3, 0.4) is 0 Å². The molecule has 0 bridgehead atoms. The molecule has 0 radical (unpaired) electrons. The van der Waals surface area contributed by atoms with Gasteiger partial charge in [0.15, 0.2) is 10.6 Å². The molecule has 19 heavy (non-hydrogen) atoms. The van der Waals surface area contributed by atoms with E-state index in [0.717, 1.165) is 0 Å². The van der Waals surface area contributed by atoms with Crippen LogP contribution in [0.25, 0.3) is 0 Å². The molecule has 1 atom stereocenters. The maximum Gasteiger partial charge on any atom is 0.357 e. The predicted molar refractivity (Wildman–Crippen MR) is 78.6 cm³/mol. The summed E-state index contributed by atoms with van der Waals surface area (Å²) in [6, 6.07) is 0. The second-order valence-electron chi connectivity index (χ2n) is 3.13. The summed E-state index contributed by atoms with van der Waals surface area (Å²) in [6.07, 6.45) is 0. The Balaban J connectivity index is 5.32. The van der Waals surface area contributed by atoms with Crippen LogP contribution >= 0.6 is 65.6 Å². The number of alkyl halides is 5. The zero-order valence-electron chi connectivity index (χ0n) is 10.0. The topological polar surface area (TPSA) is 64.6 Å². The van der Waals surface area contributed by atoms with Crippen LogP contribution in [0.2, 0.25) is 0 Å². The Morgan fingerprint density at radius 2 is 1.63 bits per heavy atom. The fourth-order valence-corrected chi connectivity index (χ4v) is 4.19. The molecule has 0 aliphatic heterocycles. The van der Waals surface area contributed by atoms with Gasteiger partial charge in [-0.25, -0.2) is 0 Å². The van der Waals surface area contributed by atoms with Crippen LogP contribution in [-0.4, -0.2) is 33.5 Å². The Morgan fingerprint density at radius 3 is 1.89 bits per heavy atom. The van der Waals surface area contributed by atoms with Gasteiger partial charge in [0.1, 0.15) is 0 Å². The van der Waals surface area contributed by atoms with Gasteiger partial charge in [-0.15, -0.1) is 0 Å². The monoisotopic (exact) mass is 393 g/mol. The zero-order valence-corrected chi connectivity index (χ0v) is 14.7. The van der Waals surface area contributed by atoms with E-state index >= 15 is 0 Å². The average molecular weight is 395 g/mol. The molecule has 0 heterocycles. The Labute approximate surface area is 136 Å². The third kappa shape index (κ3) is 6.58. The van der Waals surface area contributed by atoms with Gasteiger partial charge in [-0.1, -0.05) is 58.0 Å². The summed E-state index contributed by atoms with van der Waals surface area (Å²) in [4.78, 5) is 10.1. The first-order valence-corrected chi connectivity index (χ1v) is 8.74. The van der Waals surface area contributed by atoms with E-state index in [2.05, 4.69) is 5.32 Å². The second-order valence-corrected chi connectivity index (χ2v) is 8.71. The van der Waals surface area contributed by atoms with Crippen molar-refractivity contribution in [1.29, 1.82) is 0 Å². The van der Waals surface area contributed by atoms with Crippen LogP contribution in [0.5, 0.6) is 0 Å². The van der Waals surface area contributed by atoms with Gasteiger partial charge >= 0.3 is 7.60 Å². The predicted octanol–water partition coefficient (Wildman–Crippen LogP) is 3.87. The molecule has 0 fully saturated rings. The number of halogens is 5. The van der Waals surface area contributed by atoms with Crippen molar-refractivity contribution in [1.82, 2.24) is 5.32 Å². The lowest BCUT2D eigenvalue weighted by Crippen LogP contribution is -2.46. The van der Waals surface area contributed by atoms with Gasteiger partial charge in [0, 0.05) is 0 Å². The highest BCUT2D eigenvalue weighted by Crippen LogP contribution is 2.58. The SMILES string of the molecule is CCOP(=O)(OCC)[C@@H](NC(=O)C(Cl)Cl)C(Cl)(Cl)Cl. The molecule has 5 nitrogen and oxygen atoms in total. The molecule has 0 aromatic rings. The minimum atomic E-state index is -3.89. The normalized spacial score (nSPS) is 14.5. The molecule has 0 aliphatic carbocycles. The summed E-state index contributed by atoms with van der Waals surface area (Å²) in [5.41, 5.74) is 0. The van der Waals surface area contributed by atoms with E-state index in [-0.39, 0.29) is 13.2 Å². The summed E-state index contributed by atoms with van der Waals surface area (Å²) >= 11 is 27.9. The molecule has 114 valence electrons. The van der Waals surface area contributed by atoms with Crippen molar-refractivity contribution < 1.29 is 18.4 Å². The molecule has 0 aromatic carbocycles. The smallest absolute Gasteiger partial charge is 0.336 e. The fourth-order valence-electron chi connectivity index (χ4n) is 1.08. The molecule has 0 saturated carbocycles. The van der Waals surface area contributed by atoms with Crippen molar-refractivity contribution in [3.8, 4) is 0 Å². The van der Waals surface area contributed by atoms with Crippen LogP contribution in [0.15, 0.2) is 0 Å². The van der Waals surface area contributed by atoms with E-state index < -0.39 is 27.9 Å². The van der Waals surface area contributed by atoms with Gasteiger partial charge in [0.25, 0.3) is 5.91 Å². The Kier molecular flexibility index (Phi) is 8.98. The number of rotatable bonds is 7. The fraction of sp³-hybridized carbons (Fsp3) is 0.875. The number of nitrogens with one attached hydrogen (secondary N) is 1. The molecule has 0 aromatic heterocycles. The van der Waals surface area contributed by atoms with E-state index in [9.17, 15) is 9.36 Å². The van der Waals surface area contributed by atoms with Crippen molar-refractivity contribution in [2.75, 3.05) is 13.2 Å². The van der Waals surface area contributed by atoms with Crippen molar-refractivity contribution in [2.24, 2.45) is 0 Å². The minimum absolute atomic E-state index is 0.0373. The van der Waals surface area contributed by atoms with Crippen LogP contribution in [0.4, 0.5) is 0 Å². The molecule has 0 aliphatic rings. The third-order valence-electron chi connectivity index (χ3n) is 1.72. The summed E-state index contributed by atoms with van der Waals surface area (Å²) in [5.74, 6) is -2.41. The average Bonchev–Trinajstić information content (AvgIpc) is 2.24. The molecule has 0 saturated heterocycles. The van der Waals surface area contributed by atoms with Crippen LogP contribution in [0.1, 0.15) is 13.8 Å². The zero-order chi connectivity index (χ0) is 15.3. The first-order valence-electron chi connectivity index (χ1n) is 5.12. The number of hydrogen-bond donors (Lipinski definition) is 1. The quantitative estimate of drug-likeness (QED) is 0.525. The first-order chi connectivity index (χ1) is 8.58. The molecule has 0 spiro atoms. The first kappa shape index (κ1) is 20.1. The van der Waals surface area contributed by atoms with E-state index in [1.807, 2.05) is 0 Å². The molecule has 11 heteroatoms. The number of amides is 1. The lowest BCUT2D eigenvalue weighted by Gasteiger charge is -2.31. The maximum atomic E-state index is 12.5. The molecular weight excluding hydrogens is 382 g/mol. The molecule has 1 amide bonds. The van der Waals surface area contributed by atoms with E-state index in [4.69, 9.17) is 67.1 Å². The van der Waals surface area contributed by atoms with E-state index in [1.165, 1.54) is 0 Å². The molecular formula is C8H13Cl5NO4P. The number of carbonyl (C=O) groups is 1. The van der Waals surface area contributed by atoms with Crippen LogP contribution < -0.4 is 5.32 Å². The third-order valence-corrected chi connectivity index (χ3v) is 5.61. The maximum absolute atomic E-state index is 12.5. The summed E-state index contributed by atoms with van der Waals surface area (Å²) in [6.45, 7) is 3.23. The highest BCUT2D eigenvalue weighted by atomic mass is 35.6. The van der Waals surface area contributed by atoms with Gasteiger partial charge in [-0.2, -0.15) is 0 Å². The number of carbonyl (C=O) groups excluding carboxylic acids is 1. The van der Waals surface area contributed by atoms with Crippen LogP contribution in [-0.2, 0) is 18.4 Å². The minimum Gasteiger partial charge on any atom is -0.336 e. The standard InChI is InChI=1S/C8H13Cl5NO4P/c1-3-17-19(16,18-4-2)7(8(11,12)13)14-6(15)5(9)10/h5,7H,3-4H2,1-2H3,(H,14,15)/t7-/m1/s1. The van der Waals surface area contributed by atoms with E-state index in [1.54, 1.807) is 13.8 Å². The summed E-state index contributed by atoms with van der Waals surface area (Å²) in [7, 11) is -3.89. The summed E-state index contributed by atoms with van der Waals surface area (Å²) < 4.78 is 20.4. The largest absolute Gasteiger partial charge is 0.357 e. The Hall–Kier alpha value is 1.07. The van der Waals surface area contributed by atoms with Crippen molar-refractivity contribution in [2.45, 2.75) is 28.3 Å². The van der Waals surface area contributed by atoms with Gasteiger partial charge in [-0.05, 0) is 13.8 Å². The molecule has 0 unspecified atom stereocenters. The van der Waals surface area contributed by atoms with Gasteiger partial charge in [0.2, 0.25) is 3.79 Å². The Morgan fingerprint density at radius 1 is 1.21 bits per heavy atom. The van der Waals surface area contributed by atoms with Gasteiger partial charge < -0.3 is 14.4 Å². The lowest BCUT2D eigenvalue weighted by molar-refractivity contribution is -0.119. The number of hydrogen-bond acceptors (Lipinski definition) is 4. The second kappa shape index (κ2) is 8.50. The molecule has 1 N–H and O–H groups in total. The highest BCUT2D eigenvalue weighted by Gasteiger charge is 2.50. The Bertz CT molecular complexity index is 339.